The average Bonchev–Trinajstić information content (AvgIpc) is 2.49. The highest BCUT2D eigenvalue weighted by Gasteiger charge is 2.37. The van der Waals surface area contributed by atoms with E-state index in [4.69, 9.17) is 10.00 Å². The molecule has 0 amide bonds. The lowest BCUT2D eigenvalue weighted by atomic mass is 10.1. The van der Waals surface area contributed by atoms with Crippen LogP contribution in [0.3, 0.4) is 0 Å². The molecule has 2 heterocycles. The Morgan fingerprint density at radius 2 is 2.17 bits per heavy atom. The molecule has 0 unspecified atom stereocenters. The zero-order valence-corrected chi connectivity index (χ0v) is 7.54. The fourth-order valence-corrected chi connectivity index (χ4v) is 1.80. The second kappa shape index (κ2) is 2.54. The second-order valence-corrected chi connectivity index (χ2v) is 3.36. The molecule has 0 N–H and O–H groups in total. The van der Waals surface area contributed by atoms with Crippen molar-refractivity contribution in [1.82, 2.24) is 0 Å². The van der Waals surface area contributed by atoms with Gasteiger partial charge in [-0.15, -0.1) is 0 Å². The van der Waals surface area contributed by atoms with E-state index in [9.17, 15) is 4.79 Å². The van der Waals surface area contributed by atoms with Crippen molar-refractivity contribution in [2.24, 2.45) is 0 Å². The Balaban J connectivity index is 2.54. The number of carbonyl (C=O) groups excluding carboxylic acids is 1. The van der Waals surface area contributed by atoms with Crippen molar-refractivity contribution in [2.45, 2.75) is 12.2 Å². The fraction of sp³-hybridized carbons (Fsp3) is 0.250. The van der Waals surface area contributed by atoms with Crippen molar-refractivity contribution in [3.63, 3.8) is 0 Å². The summed E-state index contributed by atoms with van der Waals surface area (Å²) in [6, 6.07) is 1.95. The lowest BCUT2D eigenvalue weighted by Gasteiger charge is -2.18. The normalized spacial score (nSPS) is 32.5. The first-order chi connectivity index (χ1) is 5.74. The SMILES string of the molecule is N#CC1=C(Br)C(=O)[C@@H]2C=C[C@H]1O2. The van der Waals surface area contributed by atoms with Crippen molar-refractivity contribution in [3.05, 3.63) is 22.2 Å². The molecule has 0 fully saturated rings. The number of hydrogen-bond acceptors (Lipinski definition) is 3. The quantitative estimate of drug-likeness (QED) is 0.580. The Labute approximate surface area is 77.4 Å². The van der Waals surface area contributed by atoms with Crippen LogP contribution in [0, 0.1) is 11.3 Å². The third kappa shape index (κ3) is 0.872. The fourth-order valence-electron chi connectivity index (χ4n) is 1.26. The monoisotopic (exact) mass is 225 g/mol. The second-order valence-electron chi connectivity index (χ2n) is 2.57. The predicted molar refractivity (Wildman–Crippen MR) is 44.4 cm³/mol. The van der Waals surface area contributed by atoms with Gasteiger partial charge in [-0.2, -0.15) is 5.26 Å². The minimum atomic E-state index is -0.485. The summed E-state index contributed by atoms with van der Waals surface area (Å²) in [6.07, 6.45) is 2.60. The summed E-state index contributed by atoms with van der Waals surface area (Å²) in [5.41, 5.74) is 0.366. The summed E-state index contributed by atoms with van der Waals surface area (Å²) in [4.78, 5) is 11.3. The predicted octanol–water partition coefficient (Wildman–Crippen LogP) is 1.07. The molecule has 0 saturated heterocycles. The van der Waals surface area contributed by atoms with Crippen molar-refractivity contribution in [3.8, 4) is 6.07 Å². The van der Waals surface area contributed by atoms with Crippen LogP contribution in [0.2, 0.25) is 0 Å². The molecule has 0 aliphatic carbocycles. The van der Waals surface area contributed by atoms with Gasteiger partial charge in [-0.1, -0.05) is 6.08 Å². The van der Waals surface area contributed by atoms with E-state index in [1.165, 1.54) is 0 Å². The van der Waals surface area contributed by atoms with Crippen LogP contribution in [-0.2, 0) is 9.53 Å². The van der Waals surface area contributed by atoms with Gasteiger partial charge in [0.1, 0.15) is 12.2 Å². The van der Waals surface area contributed by atoms with E-state index < -0.39 is 6.10 Å². The molecule has 2 bridgehead atoms. The van der Waals surface area contributed by atoms with Gasteiger partial charge in [0.25, 0.3) is 0 Å². The molecule has 12 heavy (non-hydrogen) atoms. The molecule has 0 aromatic carbocycles. The van der Waals surface area contributed by atoms with Gasteiger partial charge in [0.15, 0.2) is 0 Å². The summed E-state index contributed by atoms with van der Waals surface area (Å²) < 4.78 is 5.57. The molecule has 0 saturated carbocycles. The lowest BCUT2D eigenvalue weighted by molar-refractivity contribution is -0.124. The topological polar surface area (TPSA) is 50.1 Å². The third-order valence-electron chi connectivity index (χ3n) is 1.87. The van der Waals surface area contributed by atoms with E-state index in [0.717, 1.165) is 0 Å². The Hall–Kier alpha value is -0.920. The molecule has 2 atom stereocenters. The zero-order valence-electron chi connectivity index (χ0n) is 5.95. The molecule has 0 radical (unpaired) electrons. The van der Waals surface area contributed by atoms with Gasteiger partial charge in [0.2, 0.25) is 5.78 Å². The molecule has 0 spiro atoms. The minimum Gasteiger partial charge on any atom is -0.353 e. The number of rotatable bonds is 0. The van der Waals surface area contributed by atoms with E-state index in [0.29, 0.717) is 10.1 Å². The molecular weight excluding hydrogens is 222 g/mol. The zero-order chi connectivity index (χ0) is 8.72. The average molecular weight is 226 g/mol. The van der Waals surface area contributed by atoms with Crippen LogP contribution in [0.4, 0.5) is 0 Å². The molecule has 2 rings (SSSR count). The highest BCUT2D eigenvalue weighted by atomic mass is 79.9. The number of ether oxygens (including phenoxy) is 1. The molecule has 2 aliphatic rings. The molecule has 2 aliphatic heterocycles. The molecule has 60 valence electrons. The van der Waals surface area contributed by atoms with E-state index in [1.54, 1.807) is 12.2 Å². The smallest absolute Gasteiger partial charge is 0.203 e. The number of halogens is 1. The summed E-state index contributed by atoms with van der Waals surface area (Å²) in [6.45, 7) is 0. The van der Waals surface area contributed by atoms with Crippen LogP contribution >= 0.6 is 15.9 Å². The maximum Gasteiger partial charge on any atom is 0.203 e. The molecule has 0 aromatic rings. The summed E-state index contributed by atoms with van der Waals surface area (Å²) in [5.74, 6) is -0.170. The van der Waals surface area contributed by atoms with Crippen molar-refractivity contribution >= 4 is 21.7 Å². The number of nitrogens with zero attached hydrogens (tertiary/aromatic N) is 1. The van der Waals surface area contributed by atoms with Gasteiger partial charge >= 0.3 is 0 Å². The van der Waals surface area contributed by atoms with Crippen molar-refractivity contribution in [1.29, 1.82) is 5.26 Å². The van der Waals surface area contributed by atoms with Gasteiger partial charge in [0.05, 0.1) is 16.1 Å². The van der Waals surface area contributed by atoms with Crippen molar-refractivity contribution < 1.29 is 9.53 Å². The first kappa shape index (κ1) is 7.71. The minimum absolute atomic E-state index is 0.170. The maximum atomic E-state index is 11.3. The number of carbonyl (C=O) groups is 1. The number of hydrogen-bond donors (Lipinski definition) is 0. The maximum absolute atomic E-state index is 11.3. The van der Waals surface area contributed by atoms with Crippen LogP contribution in [0.25, 0.3) is 0 Å². The number of fused-ring (bicyclic) bond motifs is 2. The number of nitriles is 1. The molecule has 4 heteroatoms. The molecule has 3 nitrogen and oxygen atoms in total. The Kier molecular flexibility index (Phi) is 1.63. The number of Topliss-reactive ketones (excluding diaryl/α,β-unsaturated/α-hetero) is 1. The highest BCUT2D eigenvalue weighted by molar-refractivity contribution is 9.12. The molecular formula is C8H4BrNO2. The summed E-state index contributed by atoms with van der Waals surface area (Å²) in [7, 11) is 0. The Bertz CT molecular complexity index is 351. The van der Waals surface area contributed by atoms with E-state index >= 15 is 0 Å². The van der Waals surface area contributed by atoms with E-state index in [2.05, 4.69) is 15.9 Å². The first-order valence-electron chi connectivity index (χ1n) is 3.42. The molecule has 0 aromatic heterocycles. The van der Waals surface area contributed by atoms with Crippen molar-refractivity contribution in [2.75, 3.05) is 0 Å². The van der Waals surface area contributed by atoms with Crippen LogP contribution < -0.4 is 0 Å². The van der Waals surface area contributed by atoms with E-state index in [-0.39, 0.29) is 11.9 Å². The number of ketones is 1. The first-order valence-corrected chi connectivity index (χ1v) is 4.21. The Morgan fingerprint density at radius 1 is 1.50 bits per heavy atom. The van der Waals surface area contributed by atoms with Gasteiger partial charge in [-0.05, 0) is 22.0 Å². The Morgan fingerprint density at radius 3 is 2.83 bits per heavy atom. The van der Waals surface area contributed by atoms with Gasteiger partial charge in [-0.25, -0.2) is 0 Å². The lowest BCUT2D eigenvalue weighted by Crippen LogP contribution is -2.29. The van der Waals surface area contributed by atoms with Gasteiger partial charge < -0.3 is 4.74 Å². The summed E-state index contributed by atoms with van der Waals surface area (Å²) in [5, 5.41) is 8.70. The van der Waals surface area contributed by atoms with Crippen LogP contribution in [0.1, 0.15) is 0 Å². The van der Waals surface area contributed by atoms with Crippen LogP contribution in [-0.4, -0.2) is 18.0 Å². The standard InChI is InChI=1S/C8H4BrNO2/c9-7-4(3-10)5-1-2-6(12-5)8(7)11/h1-2,5-6H/t5-,6+/m1/s1. The summed E-state index contributed by atoms with van der Waals surface area (Å²) >= 11 is 3.09. The largest absolute Gasteiger partial charge is 0.353 e. The third-order valence-corrected chi connectivity index (χ3v) is 2.69. The van der Waals surface area contributed by atoms with Crippen LogP contribution in [0.15, 0.2) is 22.2 Å². The van der Waals surface area contributed by atoms with Crippen LogP contribution in [0.5, 0.6) is 0 Å². The van der Waals surface area contributed by atoms with Gasteiger partial charge in [-0.3, -0.25) is 4.79 Å². The highest BCUT2D eigenvalue weighted by Crippen LogP contribution is 2.31. The van der Waals surface area contributed by atoms with Gasteiger partial charge in [0, 0.05) is 0 Å². The van der Waals surface area contributed by atoms with E-state index in [1.807, 2.05) is 6.07 Å².